The molecule has 13 heteroatoms. The number of nitrogens with two attached hydrogens (primary N) is 1. The molecule has 0 radical (unpaired) electrons. The van der Waals surface area contributed by atoms with Crippen molar-refractivity contribution in [3.8, 4) is 0 Å². The van der Waals surface area contributed by atoms with Gasteiger partial charge in [-0.15, -0.1) is 0 Å². The monoisotopic (exact) mass is 799 g/mol. The molecule has 1 fully saturated rings. The summed E-state index contributed by atoms with van der Waals surface area (Å²) in [5.74, 6) is -2.46. The molecule has 12 nitrogen and oxygen atoms in total. The topological polar surface area (TPSA) is 184 Å². The first-order valence-corrected chi connectivity index (χ1v) is 22.6. The van der Waals surface area contributed by atoms with Crippen molar-refractivity contribution in [3.05, 3.63) is 36.5 Å². The van der Waals surface area contributed by atoms with Crippen LogP contribution in [0.15, 0.2) is 36.5 Å². The first kappa shape index (κ1) is 50.7. The third kappa shape index (κ3) is 31.4. The molecule has 4 N–H and O–H groups in total. The number of carboxylic acids is 1. The average Bonchev–Trinajstić information content (AvgIpc) is 3.92. The van der Waals surface area contributed by atoms with Crippen molar-refractivity contribution in [2.24, 2.45) is 5.73 Å². The van der Waals surface area contributed by atoms with Gasteiger partial charge in [0.15, 0.2) is 6.10 Å². The lowest BCUT2D eigenvalue weighted by Crippen LogP contribution is -2.34. The summed E-state index contributed by atoms with van der Waals surface area (Å²) in [6, 6.07) is -1.53. The van der Waals surface area contributed by atoms with Crippen molar-refractivity contribution in [1.29, 1.82) is 0 Å². The van der Waals surface area contributed by atoms with Crippen molar-refractivity contribution >= 4 is 25.7 Å². The molecule has 1 aliphatic heterocycles. The van der Waals surface area contributed by atoms with Crippen LogP contribution >= 0.6 is 7.82 Å². The Balaban J connectivity index is 2.33. The maximum Gasteiger partial charge on any atom is 0.472 e. The number of unbranched alkanes of at least 4 members (excludes halogenated alkanes) is 16. The van der Waals surface area contributed by atoms with Crippen molar-refractivity contribution in [2.45, 2.75) is 192 Å². The lowest BCUT2D eigenvalue weighted by atomic mass is 10.0. The van der Waals surface area contributed by atoms with Gasteiger partial charge in [0, 0.05) is 12.8 Å². The Hall–Kier alpha value is -2.34. The number of hydrogen-bond acceptors (Lipinski definition) is 10. The standard InChI is InChI=1S/C42H74NO11P/c1-3-5-7-9-11-12-13-14-15-16-19-24-28-32-41(45)53-36(34-51-55(48,49)52-35-37(43)42(46)47)33-50-40(44)31-27-23-20-17-18-22-26-30-39-38(54-39)29-25-21-10-8-6-4-2/h17,20-22,25-26,36-39H,3-16,18-19,23-24,27-35,43H2,1-2H3,(H,46,47)(H,48,49)/b20-17-,25-21-,26-22-/t36-,37+,38?,39?/m1/s1. The summed E-state index contributed by atoms with van der Waals surface area (Å²) in [6.45, 7) is 2.70. The van der Waals surface area contributed by atoms with E-state index in [1.165, 1.54) is 77.0 Å². The normalized spacial score (nSPS) is 17.8. The summed E-state index contributed by atoms with van der Waals surface area (Å²) in [5, 5.41) is 8.88. The second-order valence-corrected chi connectivity index (χ2v) is 16.0. The third-order valence-corrected chi connectivity index (χ3v) is 10.2. The first-order valence-electron chi connectivity index (χ1n) is 21.1. The zero-order valence-electron chi connectivity index (χ0n) is 34.0. The quantitative estimate of drug-likeness (QED) is 0.0177. The molecule has 1 rings (SSSR count). The minimum absolute atomic E-state index is 0.142. The van der Waals surface area contributed by atoms with E-state index in [4.69, 9.17) is 29.6 Å². The summed E-state index contributed by atoms with van der Waals surface area (Å²) in [4.78, 5) is 45.9. The Kier molecular flexibility index (Phi) is 31.1. The van der Waals surface area contributed by atoms with Gasteiger partial charge in [-0.3, -0.25) is 23.4 Å². The van der Waals surface area contributed by atoms with Gasteiger partial charge in [0.1, 0.15) is 12.6 Å². The molecule has 55 heavy (non-hydrogen) atoms. The summed E-state index contributed by atoms with van der Waals surface area (Å²) in [6.07, 6.45) is 36.7. The highest BCUT2D eigenvalue weighted by Gasteiger charge is 2.36. The zero-order valence-corrected chi connectivity index (χ0v) is 34.9. The smallest absolute Gasteiger partial charge is 0.472 e. The maximum absolute atomic E-state index is 12.6. The molecule has 3 unspecified atom stereocenters. The van der Waals surface area contributed by atoms with E-state index in [-0.39, 0.29) is 19.4 Å². The number of aliphatic carboxylic acids is 1. The number of phosphoric acid groups is 1. The van der Waals surface area contributed by atoms with E-state index in [9.17, 15) is 23.8 Å². The second kappa shape index (κ2) is 33.8. The fraction of sp³-hybridized carbons (Fsp3) is 0.786. The van der Waals surface area contributed by atoms with E-state index in [1.807, 2.05) is 6.08 Å². The molecule has 0 amide bonds. The SMILES string of the molecule is CCCCC/C=C\CC1OC1C/C=C\C/C=C\CCCC(=O)OC[C@H](COP(=O)(O)OC[C@H](N)C(=O)O)OC(=O)CCCCCCCCCCCCCCC. The Morgan fingerprint density at radius 3 is 1.76 bits per heavy atom. The average molecular weight is 800 g/mol. The summed E-state index contributed by atoms with van der Waals surface area (Å²) >= 11 is 0. The van der Waals surface area contributed by atoms with Crippen LogP contribution in [0, 0.1) is 0 Å². The number of ether oxygens (including phenoxy) is 3. The van der Waals surface area contributed by atoms with E-state index in [1.54, 1.807) is 0 Å². The molecule has 1 aliphatic rings. The highest BCUT2D eigenvalue weighted by Crippen LogP contribution is 2.43. The van der Waals surface area contributed by atoms with Crippen LogP contribution < -0.4 is 5.73 Å². The predicted octanol–water partition coefficient (Wildman–Crippen LogP) is 9.83. The number of allylic oxidation sites excluding steroid dienone is 4. The number of epoxide rings is 1. The molecule has 0 aromatic heterocycles. The van der Waals surface area contributed by atoms with Gasteiger partial charge < -0.3 is 29.9 Å². The van der Waals surface area contributed by atoms with Crippen LogP contribution in [-0.4, -0.2) is 72.1 Å². The first-order chi connectivity index (χ1) is 26.6. The van der Waals surface area contributed by atoms with E-state index >= 15 is 0 Å². The molecule has 0 bridgehead atoms. The van der Waals surface area contributed by atoms with Gasteiger partial charge in [-0.25, -0.2) is 4.57 Å². The lowest BCUT2D eigenvalue weighted by Gasteiger charge is -2.20. The molecule has 1 saturated heterocycles. The number of carboxylic acid groups (broad SMARTS) is 1. The highest BCUT2D eigenvalue weighted by atomic mass is 31.2. The Morgan fingerprint density at radius 2 is 1.15 bits per heavy atom. The van der Waals surface area contributed by atoms with E-state index in [0.29, 0.717) is 31.5 Å². The van der Waals surface area contributed by atoms with E-state index < -0.39 is 51.1 Å². The second-order valence-electron chi connectivity index (χ2n) is 14.5. The van der Waals surface area contributed by atoms with Crippen molar-refractivity contribution < 1.29 is 52.2 Å². The number of carbonyl (C=O) groups excluding carboxylic acids is 2. The number of hydrogen-bond donors (Lipinski definition) is 3. The van der Waals surface area contributed by atoms with E-state index in [0.717, 1.165) is 44.9 Å². The highest BCUT2D eigenvalue weighted by molar-refractivity contribution is 7.47. The Morgan fingerprint density at radius 1 is 0.655 bits per heavy atom. The van der Waals surface area contributed by atoms with E-state index in [2.05, 4.69) is 48.8 Å². The number of phosphoric ester groups is 1. The van der Waals surface area contributed by atoms with Crippen LogP contribution in [0.4, 0.5) is 0 Å². The molecule has 0 aliphatic carbocycles. The zero-order chi connectivity index (χ0) is 40.4. The molecule has 318 valence electrons. The van der Waals surface area contributed by atoms with Crippen LogP contribution in [0.1, 0.15) is 168 Å². The molecule has 5 atom stereocenters. The van der Waals surface area contributed by atoms with Gasteiger partial charge in [-0.1, -0.05) is 140 Å². The molecular formula is C42H74NO11P. The fourth-order valence-corrected chi connectivity index (χ4v) is 6.58. The minimum Gasteiger partial charge on any atom is -0.480 e. The number of rotatable bonds is 38. The molecular weight excluding hydrogens is 725 g/mol. The van der Waals surface area contributed by atoms with Crippen LogP contribution in [0.2, 0.25) is 0 Å². The van der Waals surface area contributed by atoms with Crippen molar-refractivity contribution in [2.75, 3.05) is 19.8 Å². The van der Waals surface area contributed by atoms with Crippen molar-refractivity contribution in [3.63, 3.8) is 0 Å². The van der Waals surface area contributed by atoms with Crippen LogP contribution in [-0.2, 0) is 42.2 Å². The molecule has 0 saturated carbocycles. The van der Waals surface area contributed by atoms with Gasteiger partial charge in [0.05, 0.1) is 25.4 Å². The summed E-state index contributed by atoms with van der Waals surface area (Å²) in [5.41, 5.74) is 5.32. The Labute approximate surface area is 331 Å². The predicted molar refractivity (Wildman–Crippen MR) is 216 cm³/mol. The molecule has 0 aromatic rings. The van der Waals surface area contributed by atoms with Gasteiger partial charge in [0.2, 0.25) is 0 Å². The van der Waals surface area contributed by atoms with Crippen LogP contribution in [0.3, 0.4) is 0 Å². The van der Waals surface area contributed by atoms with Gasteiger partial charge in [0.25, 0.3) is 0 Å². The molecule has 1 heterocycles. The third-order valence-electron chi connectivity index (χ3n) is 9.29. The molecule has 0 aromatic carbocycles. The summed E-state index contributed by atoms with van der Waals surface area (Å²) < 4.78 is 38.3. The summed E-state index contributed by atoms with van der Waals surface area (Å²) in [7, 11) is -4.73. The fourth-order valence-electron chi connectivity index (χ4n) is 5.80. The largest absolute Gasteiger partial charge is 0.480 e. The van der Waals surface area contributed by atoms with Crippen LogP contribution in [0.25, 0.3) is 0 Å². The van der Waals surface area contributed by atoms with Gasteiger partial charge >= 0.3 is 25.7 Å². The van der Waals surface area contributed by atoms with Gasteiger partial charge in [-0.05, 0) is 51.4 Å². The molecule has 0 spiro atoms. The minimum atomic E-state index is -4.73. The lowest BCUT2D eigenvalue weighted by molar-refractivity contribution is -0.161. The van der Waals surface area contributed by atoms with Gasteiger partial charge in [-0.2, -0.15) is 0 Å². The maximum atomic E-state index is 12.6. The number of carbonyl (C=O) groups is 3. The van der Waals surface area contributed by atoms with Crippen LogP contribution in [0.5, 0.6) is 0 Å². The Bertz CT molecular complexity index is 1140. The van der Waals surface area contributed by atoms with Crippen molar-refractivity contribution in [1.82, 2.24) is 0 Å². The number of esters is 2.